The summed E-state index contributed by atoms with van der Waals surface area (Å²) in [5.74, 6) is -1.68. The second-order valence-corrected chi connectivity index (χ2v) is 11.2. The van der Waals surface area contributed by atoms with Gasteiger partial charge in [0.1, 0.15) is 5.76 Å². The van der Waals surface area contributed by atoms with Crippen LogP contribution in [-0.2, 0) is 21.4 Å². The van der Waals surface area contributed by atoms with E-state index in [9.17, 15) is 14.7 Å². The van der Waals surface area contributed by atoms with Crippen LogP contribution in [-0.4, -0.2) is 26.6 Å². The van der Waals surface area contributed by atoms with Crippen LogP contribution < -0.4 is 0 Å². The number of H-pyrrole nitrogens is 2. The van der Waals surface area contributed by atoms with Gasteiger partial charge in [0.05, 0.1) is 15.6 Å². The monoisotopic (exact) mass is 568 g/mol. The number of aliphatic hydroxyl groups is 1. The number of nitrogens with one attached hydrogen (secondary N) is 2. The molecular weight excluding hydrogens is 540 g/mol. The topological polar surface area (TPSA) is 85.9 Å². The average Bonchev–Trinajstić information content (AvgIpc) is 3.50. The highest BCUT2D eigenvalue weighted by Gasteiger charge is 2.40. The van der Waals surface area contributed by atoms with E-state index in [1.165, 1.54) is 5.57 Å². The lowest BCUT2D eigenvalue weighted by Gasteiger charge is -2.24. The molecule has 2 heterocycles. The first-order chi connectivity index (χ1) is 18.1. The second-order valence-electron chi connectivity index (χ2n) is 10.4. The summed E-state index contributed by atoms with van der Waals surface area (Å²) in [6, 6.07) is 13.5. The molecule has 0 amide bonds. The Balaban J connectivity index is 1.76. The SMILES string of the molecule is C=CC(C)(C)c1[nH]c2ccccc2c1C1=C(Br)C(O)=C(c2c[nH]c3c(CC=C(C)C)cccc23)C(=O)C1=O. The smallest absolute Gasteiger partial charge is 0.238 e. The molecule has 38 heavy (non-hydrogen) atoms. The maximum atomic E-state index is 13.8. The van der Waals surface area contributed by atoms with Gasteiger partial charge in [-0.05, 0) is 47.8 Å². The summed E-state index contributed by atoms with van der Waals surface area (Å²) in [7, 11) is 0. The fourth-order valence-electron chi connectivity index (χ4n) is 5.03. The number of aromatic nitrogens is 2. The molecule has 2 aromatic carbocycles. The Morgan fingerprint density at radius 1 is 1.03 bits per heavy atom. The molecule has 6 heteroatoms. The lowest BCUT2D eigenvalue weighted by atomic mass is 9.80. The molecule has 0 aliphatic heterocycles. The van der Waals surface area contributed by atoms with Gasteiger partial charge in [0.2, 0.25) is 11.6 Å². The number of carbonyl (C=O) groups excluding carboxylic acids is 2. The van der Waals surface area contributed by atoms with Crippen LogP contribution in [0.3, 0.4) is 0 Å². The lowest BCUT2D eigenvalue weighted by Crippen LogP contribution is -2.25. The van der Waals surface area contributed by atoms with Gasteiger partial charge >= 0.3 is 0 Å². The maximum absolute atomic E-state index is 13.8. The summed E-state index contributed by atoms with van der Waals surface area (Å²) >= 11 is 3.50. The van der Waals surface area contributed by atoms with Crippen LogP contribution in [0.25, 0.3) is 33.0 Å². The molecule has 192 valence electrons. The molecule has 2 aromatic heterocycles. The van der Waals surface area contributed by atoms with E-state index in [1.54, 1.807) is 12.3 Å². The van der Waals surface area contributed by atoms with Crippen LogP contribution in [0, 0.1) is 0 Å². The summed E-state index contributed by atoms with van der Waals surface area (Å²) in [5, 5.41) is 13.0. The molecule has 0 spiro atoms. The number of fused-ring (bicyclic) bond motifs is 2. The van der Waals surface area contributed by atoms with Gasteiger partial charge in [-0.15, -0.1) is 6.58 Å². The quantitative estimate of drug-likeness (QED) is 0.126. The number of para-hydroxylation sites is 2. The zero-order valence-electron chi connectivity index (χ0n) is 21.8. The summed E-state index contributed by atoms with van der Waals surface area (Å²) < 4.78 is 0.193. The van der Waals surface area contributed by atoms with Crippen molar-refractivity contribution >= 4 is 60.4 Å². The van der Waals surface area contributed by atoms with Crippen molar-refractivity contribution in [2.45, 2.75) is 39.5 Å². The van der Waals surface area contributed by atoms with Crippen molar-refractivity contribution in [1.82, 2.24) is 9.97 Å². The fraction of sp³-hybridized carbons (Fsp3) is 0.188. The van der Waals surface area contributed by atoms with E-state index in [2.05, 4.69) is 38.6 Å². The summed E-state index contributed by atoms with van der Waals surface area (Å²) in [6.07, 6.45) is 6.35. The zero-order chi connectivity index (χ0) is 27.4. The van der Waals surface area contributed by atoms with Gasteiger partial charge in [0, 0.05) is 50.2 Å². The highest BCUT2D eigenvalue weighted by molar-refractivity contribution is 9.12. The first-order valence-corrected chi connectivity index (χ1v) is 13.3. The van der Waals surface area contributed by atoms with E-state index < -0.39 is 17.0 Å². The number of aromatic amines is 2. The molecule has 0 saturated carbocycles. The van der Waals surface area contributed by atoms with Crippen LogP contribution in [0.15, 0.2) is 83.2 Å². The first kappa shape index (κ1) is 25.7. The minimum atomic E-state index is -0.746. The highest BCUT2D eigenvalue weighted by Crippen LogP contribution is 2.45. The maximum Gasteiger partial charge on any atom is 0.238 e. The molecule has 0 bridgehead atoms. The molecule has 5 nitrogen and oxygen atoms in total. The molecule has 3 N–H and O–H groups in total. The molecule has 0 saturated heterocycles. The number of benzene rings is 2. The van der Waals surface area contributed by atoms with Crippen LogP contribution in [0.2, 0.25) is 0 Å². The van der Waals surface area contributed by atoms with Crippen molar-refractivity contribution < 1.29 is 14.7 Å². The van der Waals surface area contributed by atoms with Crippen molar-refractivity contribution in [2.24, 2.45) is 0 Å². The van der Waals surface area contributed by atoms with E-state index in [-0.39, 0.29) is 21.4 Å². The second kappa shape index (κ2) is 9.44. The summed E-state index contributed by atoms with van der Waals surface area (Å²) in [5.41, 5.74) is 5.40. The molecule has 1 aliphatic rings. The lowest BCUT2D eigenvalue weighted by molar-refractivity contribution is -0.130. The molecule has 0 fully saturated rings. The Labute approximate surface area is 229 Å². The standard InChI is InChI=1S/C32H29BrN2O3/c1-6-32(4,5)31-23(20-11-7-8-13-22(20)35-31)25-26(33)28(36)24(29(37)30(25)38)21-16-34-27-18(15-14-17(2)3)10-9-12-19(21)27/h6-14,16,34-36H,1,15H2,2-5H3. The van der Waals surface area contributed by atoms with Crippen LogP contribution in [0.1, 0.15) is 50.1 Å². The molecule has 0 unspecified atom stereocenters. The minimum Gasteiger partial charge on any atom is -0.506 e. The summed E-state index contributed by atoms with van der Waals surface area (Å²) in [6.45, 7) is 12.0. The van der Waals surface area contributed by atoms with Crippen LogP contribution in [0.4, 0.5) is 0 Å². The Hall–Kier alpha value is -3.90. The van der Waals surface area contributed by atoms with Crippen molar-refractivity contribution in [2.75, 3.05) is 0 Å². The van der Waals surface area contributed by atoms with Crippen LogP contribution in [0.5, 0.6) is 0 Å². The van der Waals surface area contributed by atoms with Gasteiger partial charge in [0.15, 0.2) is 0 Å². The Bertz CT molecular complexity index is 1750. The summed E-state index contributed by atoms with van der Waals surface area (Å²) in [4.78, 5) is 34.2. The third-order valence-electron chi connectivity index (χ3n) is 7.24. The van der Waals surface area contributed by atoms with Gasteiger partial charge < -0.3 is 15.1 Å². The van der Waals surface area contributed by atoms with E-state index >= 15 is 0 Å². The third kappa shape index (κ3) is 4.00. The molecule has 0 atom stereocenters. The van der Waals surface area contributed by atoms with Gasteiger partial charge in [-0.3, -0.25) is 9.59 Å². The van der Waals surface area contributed by atoms with Crippen molar-refractivity contribution in [3.05, 3.63) is 106 Å². The van der Waals surface area contributed by atoms with Gasteiger partial charge in [-0.2, -0.15) is 0 Å². The predicted octanol–water partition coefficient (Wildman–Crippen LogP) is 7.85. The van der Waals surface area contributed by atoms with Gasteiger partial charge in [0.25, 0.3) is 0 Å². The third-order valence-corrected chi connectivity index (χ3v) is 8.01. The number of hydrogen-bond donors (Lipinski definition) is 3. The van der Waals surface area contributed by atoms with Gasteiger partial charge in [-0.25, -0.2) is 0 Å². The van der Waals surface area contributed by atoms with E-state index in [0.29, 0.717) is 11.1 Å². The average molecular weight is 569 g/mol. The Morgan fingerprint density at radius 2 is 1.71 bits per heavy atom. The van der Waals surface area contributed by atoms with Gasteiger partial charge in [-0.1, -0.05) is 68.0 Å². The van der Waals surface area contributed by atoms with Crippen LogP contribution >= 0.6 is 15.9 Å². The van der Waals surface area contributed by atoms with Crippen molar-refractivity contribution in [3.8, 4) is 0 Å². The molecule has 4 aromatic rings. The van der Waals surface area contributed by atoms with E-state index in [4.69, 9.17) is 0 Å². The van der Waals surface area contributed by atoms with E-state index in [1.807, 2.05) is 70.2 Å². The molecular formula is C32H29BrN2O3. The van der Waals surface area contributed by atoms with Crippen molar-refractivity contribution in [1.29, 1.82) is 0 Å². The minimum absolute atomic E-state index is 0.0133. The normalized spacial score (nSPS) is 14.7. The Kier molecular flexibility index (Phi) is 6.40. The predicted molar refractivity (Wildman–Crippen MR) is 158 cm³/mol. The number of carbonyl (C=O) groups is 2. The number of allylic oxidation sites excluding steroid dienone is 6. The highest BCUT2D eigenvalue weighted by atomic mass is 79.9. The Morgan fingerprint density at radius 3 is 2.42 bits per heavy atom. The fourth-order valence-corrected chi connectivity index (χ4v) is 5.61. The zero-order valence-corrected chi connectivity index (χ0v) is 23.4. The van der Waals surface area contributed by atoms with E-state index in [0.717, 1.165) is 39.5 Å². The number of aliphatic hydroxyl groups excluding tert-OH is 1. The number of ketones is 2. The number of rotatable bonds is 6. The number of hydrogen-bond acceptors (Lipinski definition) is 3. The van der Waals surface area contributed by atoms with Crippen molar-refractivity contribution in [3.63, 3.8) is 0 Å². The molecule has 0 radical (unpaired) electrons. The largest absolute Gasteiger partial charge is 0.506 e. The number of halogens is 1. The molecule has 5 rings (SSSR count). The first-order valence-electron chi connectivity index (χ1n) is 12.5. The number of Topliss-reactive ketones (excluding diaryl/α,β-unsaturated/α-hetero) is 2. The molecule has 1 aliphatic carbocycles.